The molecule has 0 N–H and O–H groups in total. The standard InChI is InChI=1S/C22H28N4O3S2/c1-5-29-22(27)19-14(2)18-20(25(4)15(3)16-7-6-12-30-16)23-17(24-21(18)31-19)13-26-8-10-28-11-9-26/h6-7,12,15H,5,8-11,13H2,1-4H3. The van der Waals surface area contributed by atoms with Crippen LogP contribution in [0.4, 0.5) is 5.82 Å². The minimum Gasteiger partial charge on any atom is -0.462 e. The Morgan fingerprint density at radius 2 is 2.13 bits per heavy atom. The Morgan fingerprint density at radius 1 is 1.35 bits per heavy atom. The molecule has 31 heavy (non-hydrogen) atoms. The maximum Gasteiger partial charge on any atom is 0.348 e. The van der Waals surface area contributed by atoms with Crippen LogP contribution in [0.2, 0.25) is 0 Å². The maximum atomic E-state index is 12.5. The number of rotatable bonds is 7. The molecule has 4 rings (SSSR count). The van der Waals surface area contributed by atoms with Gasteiger partial charge >= 0.3 is 5.97 Å². The Bertz CT molecular complexity index is 1040. The van der Waals surface area contributed by atoms with E-state index < -0.39 is 0 Å². The van der Waals surface area contributed by atoms with Gasteiger partial charge in [0.25, 0.3) is 0 Å². The summed E-state index contributed by atoms with van der Waals surface area (Å²) in [4.78, 5) is 29.6. The first-order valence-corrected chi connectivity index (χ1v) is 12.2. The van der Waals surface area contributed by atoms with Crippen molar-refractivity contribution in [1.29, 1.82) is 0 Å². The predicted molar refractivity (Wildman–Crippen MR) is 125 cm³/mol. The van der Waals surface area contributed by atoms with Gasteiger partial charge in [-0.05, 0) is 37.8 Å². The Hall–Kier alpha value is -2.07. The molecule has 3 aromatic heterocycles. The molecule has 166 valence electrons. The number of thiophene rings is 2. The lowest BCUT2D eigenvalue weighted by molar-refractivity contribution is 0.0331. The van der Waals surface area contributed by atoms with E-state index in [-0.39, 0.29) is 12.0 Å². The fraction of sp³-hybridized carbons (Fsp3) is 0.500. The first-order valence-electron chi connectivity index (χ1n) is 10.5. The number of morpholine rings is 1. The van der Waals surface area contributed by atoms with E-state index in [2.05, 4.69) is 41.3 Å². The quantitative estimate of drug-likeness (QED) is 0.488. The van der Waals surface area contributed by atoms with Gasteiger partial charge in [0, 0.05) is 25.0 Å². The minimum atomic E-state index is -0.294. The van der Waals surface area contributed by atoms with E-state index in [1.54, 1.807) is 11.3 Å². The largest absolute Gasteiger partial charge is 0.462 e. The van der Waals surface area contributed by atoms with Gasteiger partial charge in [-0.25, -0.2) is 14.8 Å². The van der Waals surface area contributed by atoms with E-state index in [9.17, 15) is 4.79 Å². The number of carbonyl (C=O) groups excluding carboxylic acids is 1. The summed E-state index contributed by atoms with van der Waals surface area (Å²) in [5, 5.41) is 3.03. The van der Waals surface area contributed by atoms with Gasteiger partial charge in [0.15, 0.2) is 0 Å². The van der Waals surface area contributed by atoms with Gasteiger partial charge in [0.2, 0.25) is 0 Å². The van der Waals surface area contributed by atoms with Crippen molar-refractivity contribution in [1.82, 2.24) is 14.9 Å². The zero-order chi connectivity index (χ0) is 22.0. The predicted octanol–water partition coefficient (Wildman–Crippen LogP) is 4.27. The van der Waals surface area contributed by atoms with E-state index in [1.165, 1.54) is 16.2 Å². The van der Waals surface area contributed by atoms with Crippen molar-refractivity contribution in [2.24, 2.45) is 0 Å². The minimum absolute atomic E-state index is 0.152. The molecule has 1 unspecified atom stereocenters. The van der Waals surface area contributed by atoms with E-state index >= 15 is 0 Å². The van der Waals surface area contributed by atoms with E-state index in [1.807, 2.05) is 13.8 Å². The summed E-state index contributed by atoms with van der Waals surface area (Å²) < 4.78 is 10.8. The molecule has 0 aromatic carbocycles. The van der Waals surface area contributed by atoms with Crippen molar-refractivity contribution in [2.45, 2.75) is 33.4 Å². The zero-order valence-corrected chi connectivity index (χ0v) is 20.0. The number of nitrogens with zero attached hydrogens (tertiary/aromatic N) is 4. The second-order valence-corrected chi connectivity index (χ2v) is 9.59. The summed E-state index contributed by atoms with van der Waals surface area (Å²) in [6.07, 6.45) is 0. The van der Waals surface area contributed by atoms with Crippen molar-refractivity contribution in [3.05, 3.63) is 38.7 Å². The van der Waals surface area contributed by atoms with Crippen LogP contribution in [0.5, 0.6) is 0 Å². The second-order valence-electron chi connectivity index (χ2n) is 7.61. The second kappa shape index (κ2) is 9.60. The van der Waals surface area contributed by atoms with Crippen LogP contribution < -0.4 is 4.90 Å². The third-order valence-electron chi connectivity index (χ3n) is 5.62. The van der Waals surface area contributed by atoms with Crippen LogP contribution >= 0.6 is 22.7 Å². The number of esters is 1. The Morgan fingerprint density at radius 3 is 2.81 bits per heavy atom. The number of aryl methyl sites for hydroxylation is 1. The van der Waals surface area contributed by atoms with Gasteiger partial charge in [-0.3, -0.25) is 4.90 Å². The molecule has 0 radical (unpaired) electrons. The lowest BCUT2D eigenvalue weighted by Gasteiger charge is -2.28. The highest BCUT2D eigenvalue weighted by Gasteiger charge is 2.26. The highest BCUT2D eigenvalue weighted by molar-refractivity contribution is 7.20. The first kappa shape index (κ1) is 22.1. The summed E-state index contributed by atoms with van der Waals surface area (Å²) in [7, 11) is 2.06. The van der Waals surface area contributed by atoms with Crippen LogP contribution in [-0.4, -0.2) is 60.8 Å². The molecule has 0 bridgehead atoms. The summed E-state index contributed by atoms with van der Waals surface area (Å²) >= 11 is 3.13. The van der Waals surface area contributed by atoms with Crippen molar-refractivity contribution >= 4 is 44.7 Å². The Labute approximate surface area is 190 Å². The fourth-order valence-electron chi connectivity index (χ4n) is 3.74. The van der Waals surface area contributed by atoms with Crippen molar-refractivity contribution < 1.29 is 14.3 Å². The molecule has 0 aliphatic carbocycles. The third kappa shape index (κ3) is 4.59. The van der Waals surface area contributed by atoms with Crippen LogP contribution in [0.3, 0.4) is 0 Å². The van der Waals surface area contributed by atoms with Gasteiger partial charge in [-0.15, -0.1) is 22.7 Å². The number of hydrogen-bond donors (Lipinski definition) is 0. The van der Waals surface area contributed by atoms with Gasteiger partial charge in [0.05, 0.1) is 37.8 Å². The number of fused-ring (bicyclic) bond motifs is 1. The molecular formula is C22H28N4O3S2. The molecule has 1 atom stereocenters. The van der Waals surface area contributed by atoms with Gasteiger partial charge in [-0.1, -0.05) is 6.07 Å². The molecule has 4 heterocycles. The number of aromatic nitrogens is 2. The maximum absolute atomic E-state index is 12.5. The van der Waals surface area contributed by atoms with Gasteiger partial charge < -0.3 is 14.4 Å². The van der Waals surface area contributed by atoms with Crippen LogP contribution in [-0.2, 0) is 16.0 Å². The molecule has 0 saturated carbocycles. The summed E-state index contributed by atoms with van der Waals surface area (Å²) in [6, 6.07) is 4.36. The molecule has 7 nitrogen and oxygen atoms in total. The average Bonchev–Trinajstić information content (AvgIpc) is 3.42. The van der Waals surface area contributed by atoms with Crippen molar-refractivity contribution in [2.75, 3.05) is 44.9 Å². The summed E-state index contributed by atoms with van der Waals surface area (Å²) in [5.41, 5.74) is 0.886. The molecule has 1 fully saturated rings. The van der Waals surface area contributed by atoms with E-state index in [4.69, 9.17) is 19.4 Å². The van der Waals surface area contributed by atoms with Crippen LogP contribution in [0, 0.1) is 6.92 Å². The number of hydrogen-bond acceptors (Lipinski definition) is 9. The lowest BCUT2D eigenvalue weighted by atomic mass is 10.1. The summed E-state index contributed by atoms with van der Waals surface area (Å²) in [5.74, 6) is 1.34. The molecule has 1 aliphatic heterocycles. The fourth-order valence-corrected chi connectivity index (χ4v) is 5.66. The number of carbonyl (C=O) groups is 1. The van der Waals surface area contributed by atoms with Crippen LogP contribution in [0.1, 0.15) is 45.8 Å². The van der Waals surface area contributed by atoms with Gasteiger partial charge in [0.1, 0.15) is 21.3 Å². The third-order valence-corrected chi connectivity index (χ3v) is 7.83. The SMILES string of the molecule is CCOC(=O)c1sc2nc(CN3CCOCC3)nc(N(C)C(C)c3cccs3)c2c1C. The van der Waals surface area contributed by atoms with Crippen LogP contribution in [0.15, 0.2) is 17.5 Å². The smallest absolute Gasteiger partial charge is 0.348 e. The molecule has 3 aromatic rings. The molecule has 0 amide bonds. The Balaban J connectivity index is 1.78. The Kier molecular flexibility index (Phi) is 6.86. The van der Waals surface area contributed by atoms with Crippen LogP contribution in [0.25, 0.3) is 10.2 Å². The highest BCUT2D eigenvalue weighted by atomic mass is 32.1. The van der Waals surface area contributed by atoms with E-state index in [0.29, 0.717) is 18.0 Å². The summed E-state index contributed by atoms with van der Waals surface area (Å²) in [6.45, 7) is 10.2. The van der Waals surface area contributed by atoms with E-state index in [0.717, 1.165) is 53.7 Å². The molecule has 1 saturated heterocycles. The first-order chi connectivity index (χ1) is 15.0. The van der Waals surface area contributed by atoms with Crippen molar-refractivity contribution in [3.8, 4) is 0 Å². The number of ether oxygens (including phenoxy) is 2. The number of anilines is 1. The zero-order valence-electron chi connectivity index (χ0n) is 18.4. The highest BCUT2D eigenvalue weighted by Crippen LogP contribution is 2.38. The van der Waals surface area contributed by atoms with Gasteiger partial charge in [-0.2, -0.15) is 0 Å². The average molecular weight is 461 g/mol. The lowest BCUT2D eigenvalue weighted by Crippen LogP contribution is -2.36. The normalized spacial score (nSPS) is 15.9. The van der Waals surface area contributed by atoms with Crippen molar-refractivity contribution in [3.63, 3.8) is 0 Å². The molecule has 9 heteroatoms. The molecular weight excluding hydrogens is 432 g/mol. The monoisotopic (exact) mass is 460 g/mol. The molecule has 1 aliphatic rings. The topological polar surface area (TPSA) is 67.8 Å². The molecule has 0 spiro atoms.